The lowest BCUT2D eigenvalue weighted by atomic mass is 10.1. The molecule has 0 aliphatic carbocycles. The van der Waals surface area contributed by atoms with Crippen LogP contribution in [0.3, 0.4) is 0 Å². The Morgan fingerprint density at radius 1 is 1.03 bits per heavy atom. The van der Waals surface area contributed by atoms with Crippen LogP contribution in [0.2, 0.25) is 0 Å². The zero-order valence-electron chi connectivity index (χ0n) is 17.8. The van der Waals surface area contributed by atoms with Gasteiger partial charge in [0.25, 0.3) is 5.89 Å². The van der Waals surface area contributed by atoms with Crippen LogP contribution >= 0.6 is 0 Å². The Hall–Kier alpha value is -2.42. The van der Waals surface area contributed by atoms with Crippen LogP contribution in [-0.4, -0.2) is 52.0 Å². The average molecular weight is 438 g/mol. The van der Waals surface area contributed by atoms with Gasteiger partial charge in [-0.1, -0.05) is 37.8 Å². The molecule has 9 heteroatoms. The van der Waals surface area contributed by atoms with Crippen LogP contribution in [0.4, 0.5) is 13.2 Å². The number of amides is 1. The lowest BCUT2D eigenvalue weighted by molar-refractivity contribution is -0.137. The van der Waals surface area contributed by atoms with E-state index in [1.165, 1.54) is 31.4 Å². The van der Waals surface area contributed by atoms with Crippen molar-refractivity contribution >= 4 is 5.91 Å². The van der Waals surface area contributed by atoms with Gasteiger partial charge in [-0.2, -0.15) is 18.2 Å². The maximum Gasteiger partial charge on any atom is 0.416 e. The van der Waals surface area contributed by atoms with Crippen LogP contribution in [-0.2, 0) is 17.5 Å². The topological polar surface area (TPSA) is 62.5 Å². The molecule has 0 bridgehead atoms. The minimum Gasteiger partial charge on any atom is -0.340 e. The number of benzene rings is 1. The van der Waals surface area contributed by atoms with Crippen LogP contribution in [0.1, 0.15) is 56.8 Å². The van der Waals surface area contributed by atoms with Gasteiger partial charge in [0.1, 0.15) is 0 Å². The van der Waals surface area contributed by atoms with Crippen molar-refractivity contribution in [1.82, 2.24) is 19.9 Å². The molecule has 1 aliphatic heterocycles. The molecular formula is C22H29F3N4O2. The highest BCUT2D eigenvalue weighted by Gasteiger charge is 2.30. The predicted octanol–water partition coefficient (Wildman–Crippen LogP) is 4.76. The second-order valence-corrected chi connectivity index (χ2v) is 7.91. The molecule has 0 saturated carbocycles. The van der Waals surface area contributed by atoms with Crippen LogP contribution in [0.25, 0.3) is 11.5 Å². The second-order valence-electron chi connectivity index (χ2n) is 7.91. The number of piperazine rings is 1. The molecule has 3 rings (SSSR count). The molecule has 0 spiro atoms. The third-order valence-electron chi connectivity index (χ3n) is 5.51. The Morgan fingerprint density at radius 2 is 1.71 bits per heavy atom. The highest BCUT2D eigenvalue weighted by atomic mass is 19.4. The highest BCUT2D eigenvalue weighted by Crippen LogP contribution is 2.30. The van der Waals surface area contributed by atoms with Crippen molar-refractivity contribution in [2.24, 2.45) is 0 Å². The van der Waals surface area contributed by atoms with E-state index >= 15 is 0 Å². The Labute approximate surface area is 180 Å². The van der Waals surface area contributed by atoms with Crippen LogP contribution in [0.15, 0.2) is 28.8 Å². The molecule has 31 heavy (non-hydrogen) atoms. The summed E-state index contributed by atoms with van der Waals surface area (Å²) in [5, 5.41) is 3.95. The van der Waals surface area contributed by atoms with Gasteiger partial charge in [-0.25, -0.2) is 0 Å². The number of hydrogen-bond donors (Lipinski definition) is 0. The summed E-state index contributed by atoms with van der Waals surface area (Å²) in [6.45, 7) is 5.46. The van der Waals surface area contributed by atoms with Crippen molar-refractivity contribution in [2.45, 2.75) is 58.2 Å². The third kappa shape index (κ3) is 6.78. The van der Waals surface area contributed by atoms with E-state index in [9.17, 15) is 18.0 Å². The molecule has 0 radical (unpaired) electrons. The smallest absolute Gasteiger partial charge is 0.340 e. The molecule has 2 heterocycles. The first-order valence-electron chi connectivity index (χ1n) is 10.9. The van der Waals surface area contributed by atoms with Crippen molar-refractivity contribution in [3.63, 3.8) is 0 Å². The van der Waals surface area contributed by atoms with E-state index in [1.54, 1.807) is 0 Å². The number of nitrogens with zero attached hydrogens (tertiary/aromatic N) is 4. The average Bonchev–Trinajstić information content (AvgIpc) is 3.22. The van der Waals surface area contributed by atoms with Gasteiger partial charge in [0.05, 0.1) is 12.1 Å². The normalized spacial score (nSPS) is 15.4. The van der Waals surface area contributed by atoms with Crippen molar-refractivity contribution in [3.8, 4) is 11.5 Å². The minimum atomic E-state index is -4.38. The lowest BCUT2D eigenvalue weighted by Gasteiger charge is -2.34. The van der Waals surface area contributed by atoms with Gasteiger partial charge >= 0.3 is 6.18 Å². The molecule has 1 aromatic heterocycles. The molecule has 170 valence electrons. The summed E-state index contributed by atoms with van der Waals surface area (Å²) in [5.41, 5.74) is -0.273. The number of halogens is 3. The molecule has 1 fully saturated rings. The summed E-state index contributed by atoms with van der Waals surface area (Å²) in [7, 11) is 0. The quantitative estimate of drug-likeness (QED) is 0.528. The van der Waals surface area contributed by atoms with Gasteiger partial charge < -0.3 is 9.42 Å². The molecule has 6 nitrogen and oxygen atoms in total. The molecule has 1 aromatic carbocycles. The fourth-order valence-corrected chi connectivity index (χ4v) is 3.63. The number of carbonyl (C=O) groups is 1. The summed E-state index contributed by atoms with van der Waals surface area (Å²) in [6.07, 6.45) is 1.91. The summed E-state index contributed by atoms with van der Waals surface area (Å²) in [5.74, 6) is 0.895. The van der Waals surface area contributed by atoms with Crippen molar-refractivity contribution < 1.29 is 22.5 Å². The van der Waals surface area contributed by atoms with Gasteiger partial charge in [0, 0.05) is 38.2 Å². The van der Waals surface area contributed by atoms with Crippen molar-refractivity contribution in [2.75, 3.05) is 26.2 Å². The fourth-order valence-electron chi connectivity index (χ4n) is 3.63. The van der Waals surface area contributed by atoms with Crippen LogP contribution in [0.5, 0.6) is 0 Å². The number of unbranched alkanes of at least 4 members (excludes halogenated alkanes) is 4. The minimum absolute atomic E-state index is 0.195. The van der Waals surface area contributed by atoms with E-state index in [0.29, 0.717) is 37.4 Å². The maximum atomic E-state index is 12.7. The number of carbonyl (C=O) groups excluding carboxylic acids is 1. The van der Waals surface area contributed by atoms with Gasteiger partial charge in [-0.3, -0.25) is 9.69 Å². The van der Waals surface area contributed by atoms with E-state index in [-0.39, 0.29) is 11.8 Å². The van der Waals surface area contributed by atoms with Crippen molar-refractivity contribution in [3.05, 3.63) is 35.7 Å². The first-order chi connectivity index (χ1) is 14.9. The lowest BCUT2D eigenvalue weighted by Crippen LogP contribution is -2.48. The van der Waals surface area contributed by atoms with E-state index in [2.05, 4.69) is 22.0 Å². The Morgan fingerprint density at radius 3 is 2.35 bits per heavy atom. The Bertz CT molecular complexity index is 828. The third-order valence-corrected chi connectivity index (χ3v) is 5.51. The zero-order chi connectivity index (χ0) is 22.3. The second kappa shape index (κ2) is 10.7. The highest BCUT2D eigenvalue weighted by molar-refractivity contribution is 5.76. The predicted molar refractivity (Wildman–Crippen MR) is 110 cm³/mol. The van der Waals surface area contributed by atoms with E-state index in [1.807, 2.05) is 4.90 Å². The molecule has 1 saturated heterocycles. The summed E-state index contributed by atoms with van der Waals surface area (Å²) in [4.78, 5) is 20.7. The number of aromatic nitrogens is 2. The van der Waals surface area contributed by atoms with E-state index < -0.39 is 11.7 Å². The molecule has 1 aliphatic rings. The first-order valence-corrected chi connectivity index (χ1v) is 10.9. The Balaban J connectivity index is 1.44. The standard InChI is InChI=1S/C22H29F3N4O2/c1-2-3-4-5-6-7-20(30)29-14-12-28(13-15-29)16-19-26-21(31-27-19)17-8-10-18(11-9-17)22(23,24)25/h8-11H,2-7,12-16H2,1H3. The monoisotopic (exact) mass is 438 g/mol. The number of alkyl halides is 3. The molecule has 0 atom stereocenters. The van der Waals surface area contributed by atoms with Gasteiger partial charge in [-0.05, 0) is 30.7 Å². The number of rotatable bonds is 9. The molecule has 0 N–H and O–H groups in total. The van der Waals surface area contributed by atoms with Gasteiger partial charge in [0.2, 0.25) is 5.91 Å². The van der Waals surface area contributed by atoms with E-state index in [0.717, 1.165) is 38.1 Å². The molecule has 2 aromatic rings. The van der Waals surface area contributed by atoms with E-state index in [4.69, 9.17) is 4.52 Å². The summed E-state index contributed by atoms with van der Waals surface area (Å²) >= 11 is 0. The molecule has 0 unspecified atom stereocenters. The summed E-state index contributed by atoms with van der Waals surface area (Å²) < 4.78 is 43.3. The largest absolute Gasteiger partial charge is 0.416 e. The fraction of sp³-hybridized carbons (Fsp3) is 0.591. The van der Waals surface area contributed by atoms with Crippen molar-refractivity contribution in [1.29, 1.82) is 0 Å². The number of hydrogen-bond acceptors (Lipinski definition) is 5. The SMILES string of the molecule is CCCCCCCC(=O)N1CCN(Cc2noc(-c3ccc(C(F)(F)F)cc3)n2)CC1. The van der Waals surface area contributed by atoms with Gasteiger partial charge in [0.15, 0.2) is 5.82 Å². The van der Waals surface area contributed by atoms with Crippen LogP contribution < -0.4 is 0 Å². The zero-order valence-corrected chi connectivity index (χ0v) is 17.8. The van der Waals surface area contributed by atoms with Crippen LogP contribution in [0, 0.1) is 0 Å². The van der Waals surface area contributed by atoms with Gasteiger partial charge in [-0.15, -0.1) is 0 Å². The summed E-state index contributed by atoms with van der Waals surface area (Å²) in [6, 6.07) is 4.65. The first kappa shape index (κ1) is 23.2. The maximum absolute atomic E-state index is 12.7. The Kier molecular flexibility index (Phi) is 8.06. The molecule has 1 amide bonds. The molecular weight excluding hydrogens is 409 g/mol.